The molecule has 0 aromatic carbocycles. The van der Waals surface area contributed by atoms with Gasteiger partial charge in [0, 0.05) is 30.1 Å². The van der Waals surface area contributed by atoms with Crippen molar-refractivity contribution in [3.8, 4) is 0 Å². The lowest BCUT2D eigenvalue weighted by Gasteiger charge is -2.53. The molecule has 0 aliphatic heterocycles. The highest BCUT2D eigenvalue weighted by Crippen LogP contribution is 2.43. The summed E-state index contributed by atoms with van der Waals surface area (Å²) >= 11 is 0. The zero-order valence-electron chi connectivity index (χ0n) is 11.5. The van der Waals surface area contributed by atoms with Gasteiger partial charge in [0.05, 0.1) is 6.10 Å². The molecule has 0 amide bonds. The smallest absolute Gasteiger partial charge is 0.0655 e. The first-order valence-corrected chi connectivity index (χ1v) is 7.17. The van der Waals surface area contributed by atoms with Crippen LogP contribution in [0, 0.1) is 5.41 Å². The van der Waals surface area contributed by atoms with Gasteiger partial charge in [-0.15, -0.1) is 0 Å². The van der Waals surface area contributed by atoms with E-state index in [2.05, 4.69) is 26.1 Å². The van der Waals surface area contributed by atoms with Crippen LogP contribution >= 0.6 is 0 Å². The number of ether oxygens (including phenoxy) is 1. The first kappa shape index (κ1) is 13.3. The lowest BCUT2D eigenvalue weighted by molar-refractivity contribution is -0.117. The van der Waals surface area contributed by atoms with Crippen molar-refractivity contribution in [2.45, 2.75) is 77.1 Å². The molecule has 0 radical (unpaired) electrons. The van der Waals surface area contributed by atoms with E-state index in [0.29, 0.717) is 24.2 Å². The molecule has 2 aliphatic rings. The van der Waals surface area contributed by atoms with Gasteiger partial charge in [-0.3, -0.25) is 0 Å². The molecule has 2 fully saturated rings. The third kappa shape index (κ3) is 2.83. The summed E-state index contributed by atoms with van der Waals surface area (Å²) in [6.07, 6.45) is 6.51. The predicted molar refractivity (Wildman–Crippen MR) is 71.0 cm³/mol. The Morgan fingerprint density at radius 3 is 2.65 bits per heavy atom. The van der Waals surface area contributed by atoms with Crippen molar-refractivity contribution < 1.29 is 4.74 Å². The summed E-state index contributed by atoms with van der Waals surface area (Å²) in [5.74, 6) is 0. The fourth-order valence-electron chi connectivity index (χ4n) is 3.32. The summed E-state index contributed by atoms with van der Waals surface area (Å²) in [5.41, 5.74) is 6.31. The second kappa shape index (κ2) is 5.25. The summed E-state index contributed by atoms with van der Waals surface area (Å²) in [4.78, 5) is 0. The predicted octanol–water partition coefficient (Wildman–Crippen LogP) is 2.05. The summed E-state index contributed by atoms with van der Waals surface area (Å²) in [6, 6.07) is 1.65. The first-order chi connectivity index (χ1) is 8.04. The zero-order valence-corrected chi connectivity index (χ0v) is 11.5. The van der Waals surface area contributed by atoms with Crippen molar-refractivity contribution in [1.29, 1.82) is 0 Å². The van der Waals surface area contributed by atoms with Gasteiger partial charge in [0.2, 0.25) is 0 Å². The maximum atomic E-state index is 6.04. The Kier molecular flexibility index (Phi) is 4.11. The number of hydrogen-bond donors (Lipinski definition) is 2. The fraction of sp³-hybridized carbons (Fsp3) is 1.00. The SMILES string of the molecule is CCOC1CC(NC2CCCC(N)C2)C1(C)C. The van der Waals surface area contributed by atoms with Gasteiger partial charge in [-0.1, -0.05) is 20.3 Å². The molecule has 0 heterocycles. The Hall–Kier alpha value is -0.120. The van der Waals surface area contributed by atoms with E-state index in [1.165, 1.54) is 19.3 Å². The Morgan fingerprint density at radius 2 is 2.06 bits per heavy atom. The molecule has 0 aromatic heterocycles. The van der Waals surface area contributed by atoms with Crippen molar-refractivity contribution in [1.82, 2.24) is 5.32 Å². The molecule has 4 atom stereocenters. The normalized spacial score (nSPS) is 40.9. The standard InChI is InChI=1S/C14H28N2O/c1-4-17-13-9-12(14(13,2)3)16-11-7-5-6-10(15)8-11/h10-13,16H,4-9,15H2,1-3H3. The molecule has 2 saturated carbocycles. The van der Waals surface area contributed by atoms with Crippen molar-refractivity contribution in [3.05, 3.63) is 0 Å². The van der Waals surface area contributed by atoms with Crippen LogP contribution in [0.1, 0.15) is 52.9 Å². The molecular weight excluding hydrogens is 212 g/mol. The van der Waals surface area contributed by atoms with E-state index in [9.17, 15) is 0 Å². The molecule has 3 nitrogen and oxygen atoms in total. The minimum absolute atomic E-state index is 0.275. The lowest BCUT2D eigenvalue weighted by atomic mass is 9.64. The van der Waals surface area contributed by atoms with E-state index in [1.54, 1.807) is 0 Å². The summed E-state index contributed by atoms with van der Waals surface area (Å²) in [6.45, 7) is 7.54. The van der Waals surface area contributed by atoms with Gasteiger partial charge in [0.25, 0.3) is 0 Å². The summed E-state index contributed by atoms with van der Waals surface area (Å²) in [7, 11) is 0. The molecule has 100 valence electrons. The molecule has 17 heavy (non-hydrogen) atoms. The number of nitrogens with one attached hydrogen (secondary N) is 1. The zero-order chi connectivity index (χ0) is 12.5. The highest BCUT2D eigenvalue weighted by Gasteiger charge is 2.49. The molecular formula is C14H28N2O. The van der Waals surface area contributed by atoms with Gasteiger partial charge in [-0.25, -0.2) is 0 Å². The molecule has 0 saturated heterocycles. The van der Waals surface area contributed by atoms with E-state index >= 15 is 0 Å². The van der Waals surface area contributed by atoms with Crippen molar-refractivity contribution in [2.24, 2.45) is 11.1 Å². The maximum Gasteiger partial charge on any atom is 0.0655 e. The Balaban J connectivity index is 1.80. The van der Waals surface area contributed by atoms with Gasteiger partial charge in [-0.05, 0) is 32.6 Å². The fourth-order valence-corrected chi connectivity index (χ4v) is 3.32. The van der Waals surface area contributed by atoms with Crippen LogP contribution in [0.15, 0.2) is 0 Å². The van der Waals surface area contributed by atoms with Crippen LogP contribution < -0.4 is 11.1 Å². The van der Waals surface area contributed by atoms with Crippen molar-refractivity contribution in [2.75, 3.05) is 6.61 Å². The topological polar surface area (TPSA) is 47.3 Å². The number of nitrogens with two attached hydrogens (primary N) is 1. The van der Waals surface area contributed by atoms with Crippen LogP contribution in [0.2, 0.25) is 0 Å². The monoisotopic (exact) mass is 240 g/mol. The lowest BCUT2D eigenvalue weighted by Crippen LogP contribution is -2.63. The molecule has 4 unspecified atom stereocenters. The van der Waals surface area contributed by atoms with Crippen molar-refractivity contribution >= 4 is 0 Å². The Labute approximate surface area is 105 Å². The van der Waals surface area contributed by atoms with E-state index < -0.39 is 0 Å². The van der Waals surface area contributed by atoms with Gasteiger partial charge in [0.15, 0.2) is 0 Å². The maximum absolute atomic E-state index is 6.04. The van der Waals surface area contributed by atoms with Gasteiger partial charge in [-0.2, -0.15) is 0 Å². The minimum Gasteiger partial charge on any atom is -0.378 e. The summed E-state index contributed by atoms with van der Waals surface area (Å²) < 4.78 is 5.77. The second-order valence-corrected chi connectivity index (χ2v) is 6.34. The Bertz CT molecular complexity index is 255. The van der Waals surface area contributed by atoms with Crippen LogP contribution in [0.5, 0.6) is 0 Å². The average Bonchev–Trinajstić information content (AvgIpc) is 2.28. The average molecular weight is 240 g/mol. The Morgan fingerprint density at radius 1 is 1.29 bits per heavy atom. The molecule has 3 heteroatoms. The van der Waals surface area contributed by atoms with Crippen LogP contribution in [0.4, 0.5) is 0 Å². The van der Waals surface area contributed by atoms with E-state index in [0.717, 1.165) is 19.4 Å². The molecule has 3 N–H and O–H groups in total. The van der Waals surface area contributed by atoms with E-state index in [4.69, 9.17) is 10.5 Å². The van der Waals surface area contributed by atoms with Crippen LogP contribution in [0.25, 0.3) is 0 Å². The minimum atomic E-state index is 0.275. The molecule has 2 aliphatic carbocycles. The van der Waals surface area contributed by atoms with Crippen molar-refractivity contribution in [3.63, 3.8) is 0 Å². The van der Waals surface area contributed by atoms with Crippen LogP contribution in [0.3, 0.4) is 0 Å². The van der Waals surface area contributed by atoms with E-state index in [-0.39, 0.29) is 5.41 Å². The number of rotatable bonds is 4. The molecule has 0 spiro atoms. The van der Waals surface area contributed by atoms with E-state index in [1.807, 2.05) is 0 Å². The molecule has 0 aromatic rings. The first-order valence-electron chi connectivity index (χ1n) is 7.17. The summed E-state index contributed by atoms with van der Waals surface area (Å²) in [5, 5.41) is 3.80. The van der Waals surface area contributed by atoms with Gasteiger partial charge in [0.1, 0.15) is 0 Å². The quantitative estimate of drug-likeness (QED) is 0.790. The highest BCUT2D eigenvalue weighted by molar-refractivity contribution is 5.04. The molecule has 2 rings (SSSR count). The van der Waals surface area contributed by atoms with Gasteiger partial charge < -0.3 is 15.8 Å². The third-order valence-electron chi connectivity index (χ3n) is 4.70. The number of hydrogen-bond acceptors (Lipinski definition) is 3. The largest absolute Gasteiger partial charge is 0.378 e. The second-order valence-electron chi connectivity index (χ2n) is 6.34. The van der Waals surface area contributed by atoms with Gasteiger partial charge >= 0.3 is 0 Å². The third-order valence-corrected chi connectivity index (χ3v) is 4.70. The highest BCUT2D eigenvalue weighted by atomic mass is 16.5. The van der Waals surface area contributed by atoms with Crippen LogP contribution in [-0.4, -0.2) is 30.8 Å². The molecule has 0 bridgehead atoms. The van der Waals surface area contributed by atoms with Crippen LogP contribution in [-0.2, 0) is 4.74 Å².